The third-order valence-corrected chi connectivity index (χ3v) is 5.61. The Morgan fingerprint density at radius 1 is 1.24 bits per heavy atom. The number of piperazine rings is 1. The Hall–Kier alpha value is -0.650. The Kier molecular flexibility index (Phi) is 6.45. The summed E-state index contributed by atoms with van der Waals surface area (Å²) in [4.78, 5) is 11.2. The molecule has 5 heteroatoms. The van der Waals surface area contributed by atoms with Crippen LogP contribution in [0, 0.1) is 6.92 Å². The molecule has 0 bridgehead atoms. The minimum atomic E-state index is 0.707. The summed E-state index contributed by atoms with van der Waals surface area (Å²) < 4.78 is 0. The van der Waals surface area contributed by atoms with Crippen LogP contribution in [0.15, 0.2) is 0 Å². The molecule has 0 radical (unpaired) electrons. The van der Waals surface area contributed by atoms with Crippen molar-refractivity contribution in [2.45, 2.75) is 53.1 Å². The number of nitrogens with zero attached hydrogens (tertiary/aromatic N) is 3. The van der Waals surface area contributed by atoms with Crippen molar-refractivity contribution >= 4 is 16.5 Å². The summed E-state index contributed by atoms with van der Waals surface area (Å²) in [5, 5.41) is 4.69. The Labute approximate surface area is 133 Å². The average Bonchev–Trinajstić information content (AvgIpc) is 2.88. The lowest BCUT2D eigenvalue weighted by atomic mass is 10.2. The van der Waals surface area contributed by atoms with Crippen LogP contribution >= 0.6 is 11.3 Å². The van der Waals surface area contributed by atoms with Gasteiger partial charge in [0, 0.05) is 43.6 Å². The van der Waals surface area contributed by atoms with E-state index in [1.165, 1.54) is 28.5 Å². The molecule has 1 atom stereocenters. The Bertz CT molecular complexity index is 424. The third-order valence-electron chi connectivity index (χ3n) is 4.39. The molecule has 1 aliphatic rings. The topological polar surface area (TPSA) is 31.4 Å². The zero-order chi connectivity index (χ0) is 15.2. The van der Waals surface area contributed by atoms with Crippen LogP contribution < -0.4 is 10.2 Å². The Morgan fingerprint density at radius 3 is 2.57 bits per heavy atom. The van der Waals surface area contributed by atoms with Crippen molar-refractivity contribution in [2.24, 2.45) is 0 Å². The molecule has 1 aliphatic heterocycles. The molecule has 1 unspecified atom stereocenters. The molecule has 1 N–H and O–H groups in total. The maximum Gasteiger partial charge on any atom is 0.185 e. The van der Waals surface area contributed by atoms with Crippen LogP contribution in [0.3, 0.4) is 0 Å². The first-order chi connectivity index (χ1) is 10.2. The second-order valence-electron chi connectivity index (χ2n) is 5.96. The van der Waals surface area contributed by atoms with E-state index in [1.54, 1.807) is 0 Å². The molecule has 0 aromatic carbocycles. The lowest BCUT2D eigenvalue weighted by molar-refractivity contribution is 0.193. The molecule has 0 amide bonds. The van der Waals surface area contributed by atoms with Gasteiger partial charge in [0.05, 0.1) is 5.69 Å². The normalized spacial score (nSPS) is 18.2. The van der Waals surface area contributed by atoms with Crippen molar-refractivity contribution in [3.05, 3.63) is 10.6 Å². The zero-order valence-electron chi connectivity index (χ0n) is 14.0. The first kappa shape index (κ1) is 16.7. The number of nitrogens with one attached hydrogen (secondary N) is 1. The molecule has 1 aromatic rings. The molecular weight excluding hydrogens is 280 g/mol. The summed E-state index contributed by atoms with van der Waals surface area (Å²) in [5.74, 6) is 0. The highest BCUT2D eigenvalue weighted by molar-refractivity contribution is 7.15. The first-order valence-electron chi connectivity index (χ1n) is 8.31. The molecule has 2 rings (SSSR count). The van der Waals surface area contributed by atoms with Gasteiger partial charge >= 0.3 is 0 Å². The molecule has 1 saturated heterocycles. The molecule has 1 fully saturated rings. The minimum absolute atomic E-state index is 0.707. The highest BCUT2D eigenvalue weighted by Gasteiger charge is 2.22. The quantitative estimate of drug-likeness (QED) is 0.785. The zero-order valence-corrected chi connectivity index (χ0v) is 14.8. The number of hydrogen-bond donors (Lipinski definition) is 1. The van der Waals surface area contributed by atoms with E-state index in [1.807, 2.05) is 11.3 Å². The van der Waals surface area contributed by atoms with Gasteiger partial charge in [0.15, 0.2) is 5.13 Å². The van der Waals surface area contributed by atoms with Gasteiger partial charge in [0.1, 0.15) is 0 Å². The highest BCUT2D eigenvalue weighted by atomic mass is 32.1. The largest absolute Gasteiger partial charge is 0.346 e. The van der Waals surface area contributed by atoms with E-state index in [0.717, 1.165) is 39.3 Å². The van der Waals surface area contributed by atoms with Gasteiger partial charge in [0.2, 0.25) is 0 Å². The van der Waals surface area contributed by atoms with Gasteiger partial charge in [-0.2, -0.15) is 0 Å². The summed E-state index contributed by atoms with van der Waals surface area (Å²) in [6.07, 6.45) is 2.42. The fourth-order valence-electron chi connectivity index (χ4n) is 2.70. The van der Waals surface area contributed by atoms with Crippen molar-refractivity contribution in [3.63, 3.8) is 0 Å². The van der Waals surface area contributed by atoms with Crippen molar-refractivity contribution in [3.8, 4) is 0 Å². The van der Waals surface area contributed by atoms with E-state index >= 15 is 0 Å². The summed E-state index contributed by atoms with van der Waals surface area (Å²) >= 11 is 1.87. The van der Waals surface area contributed by atoms with Crippen LogP contribution in [0.25, 0.3) is 0 Å². The highest BCUT2D eigenvalue weighted by Crippen LogP contribution is 2.27. The van der Waals surface area contributed by atoms with Gasteiger partial charge in [-0.25, -0.2) is 4.98 Å². The van der Waals surface area contributed by atoms with Crippen LogP contribution in [0.4, 0.5) is 5.13 Å². The maximum absolute atomic E-state index is 4.79. The van der Waals surface area contributed by atoms with Crippen molar-refractivity contribution in [1.29, 1.82) is 0 Å². The van der Waals surface area contributed by atoms with Crippen LogP contribution in [-0.4, -0.2) is 48.6 Å². The molecule has 0 saturated carbocycles. The number of aromatic nitrogens is 1. The number of anilines is 1. The van der Waals surface area contributed by atoms with Gasteiger partial charge < -0.3 is 10.2 Å². The van der Waals surface area contributed by atoms with E-state index in [2.05, 4.69) is 42.8 Å². The average molecular weight is 311 g/mol. The monoisotopic (exact) mass is 310 g/mol. The molecular formula is C16H30N4S. The van der Waals surface area contributed by atoms with Crippen LogP contribution in [-0.2, 0) is 6.54 Å². The SMILES string of the molecule is CCCNCc1sc(N2CCN(C(C)CC)CC2)nc1C. The molecule has 0 spiro atoms. The van der Waals surface area contributed by atoms with Crippen LogP contribution in [0.5, 0.6) is 0 Å². The van der Waals surface area contributed by atoms with Gasteiger partial charge in [-0.15, -0.1) is 11.3 Å². The smallest absolute Gasteiger partial charge is 0.185 e. The fourth-order valence-corrected chi connectivity index (χ4v) is 3.79. The maximum atomic E-state index is 4.79. The molecule has 2 heterocycles. The van der Waals surface area contributed by atoms with Gasteiger partial charge in [0.25, 0.3) is 0 Å². The summed E-state index contributed by atoms with van der Waals surface area (Å²) in [5.41, 5.74) is 1.20. The van der Waals surface area contributed by atoms with Crippen LogP contribution in [0.2, 0.25) is 0 Å². The lowest BCUT2D eigenvalue weighted by Gasteiger charge is -2.37. The van der Waals surface area contributed by atoms with Crippen molar-refractivity contribution < 1.29 is 0 Å². The number of rotatable bonds is 7. The summed E-state index contributed by atoms with van der Waals surface area (Å²) in [6.45, 7) is 15.5. The Balaban J connectivity index is 1.90. The first-order valence-corrected chi connectivity index (χ1v) is 9.13. The summed E-state index contributed by atoms with van der Waals surface area (Å²) in [6, 6.07) is 0.707. The predicted octanol–water partition coefficient (Wildman–Crippen LogP) is 2.87. The number of hydrogen-bond acceptors (Lipinski definition) is 5. The second-order valence-corrected chi connectivity index (χ2v) is 7.02. The second kappa shape index (κ2) is 8.11. The van der Waals surface area contributed by atoms with Gasteiger partial charge in [-0.1, -0.05) is 13.8 Å². The summed E-state index contributed by atoms with van der Waals surface area (Å²) in [7, 11) is 0. The van der Waals surface area contributed by atoms with E-state index < -0.39 is 0 Å². The standard InChI is InChI=1S/C16H30N4S/c1-5-7-17-12-15-14(4)18-16(21-15)20-10-8-19(9-11-20)13(3)6-2/h13,17H,5-12H2,1-4H3. The molecule has 1 aromatic heterocycles. The van der Waals surface area contributed by atoms with Crippen molar-refractivity contribution in [1.82, 2.24) is 15.2 Å². The number of aryl methyl sites for hydroxylation is 1. The third kappa shape index (κ3) is 4.41. The van der Waals surface area contributed by atoms with Crippen molar-refractivity contribution in [2.75, 3.05) is 37.6 Å². The molecule has 21 heavy (non-hydrogen) atoms. The van der Waals surface area contributed by atoms with E-state index in [-0.39, 0.29) is 0 Å². The number of thiazole rings is 1. The van der Waals surface area contributed by atoms with Crippen LogP contribution in [0.1, 0.15) is 44.2 Å². The van der Waals surface area contributed by atoms with Gasteiger partial charge in [-0.3, -0.25) is 4.90 Å². The predicted molar refractivity (Wildman–Crippen MR) is 92.4 cm³/mol. The van der Waals surface area contributed by atoms with E-state index in [9.17, 15) is 0 Å². The molecule has 0 aliphatic carbocycles. The molecule has 4 nitrogen and oxygen atoms in total. The lowest BCUT2D eigenvalue weighted by Crippen LogP contribution is -2.49. The van der Waals surface area contributed by atoms with E-state index in [0.29, 0.717) is 6.04 Å². The molecule has 120 valence electrons. The van der Waals surface area contributed by atoms with Gasteiger partial charge in [-0.05, 0) is 33.2 Å². The Morgan fingerprint density at radius 2 is 1.95 bits per heavy atom. The van der Waals surface area contributed by atoms with E-state index in [4.69, 9.17) is 4.98 Å². The minimum Gasteiger partial charge on any atom is -0.346 e. The fraction of sp³-hybridized carbons (Fsp3) is 0.812.